The normalized spacial score (nSPS) is 14.8. The van der Waals surface area contributed by atoms with Gasteiger partial charge in [-0.25, -0.2) is 9.78 Å². The number of H-pyrrole nitrogens is 2. The van der Waals surface area contributed by atoms with Gasteiger partial charge in [0, 0.05) is 50.0 Å². The van der Waals surface area contributed by atoms with Crippen molar-refractivity contribution >= 4 is 22.6 Å². The molecule has 0 radical (unpaired) electrons. The summed E-state index contributed by atoms with van der Waals surface area (Å²) >= 11 is 0. The summed E-state index contributed by atoms with van der Waals surface area (Å²) in [6, 6.07) is 14.7. The van der Waals surface area contributed by atoms with Crippen LogP contribution in [0.4, 0.5) is 5.69 Å². The van der Waals surface area contributed by atoms with Gasteiger partial charge in [-0.05, 0) is 23.1 Å². The number of amides is 1. The van der Waals surface area contributed by atoms with Gasteiger partial charge in [0.2, 0.25) is 5.91 Å². The van der Waals surface area contributed by atoms with Crippen molar-refractivity contribution in [2.45, 2.75) is 39.3 Å². The summed E-state index contributed by atoms with van der Waals surface area (Å²) < 4.78 is 1.14. The van der Waals surface area contributed by atoms with Crippen molar-refractivity contribution in [3.63, 3.8) is 0 Å². The van der Waals surface area contributed by atoms with Crippen LogP contribution in [-0.4, -0.2) is 56.5 Å². The first kappa shape index (κ1) is 25.5. The van der Waals surface area contributed by atoms with Crippen LogP contribution in [0.2, 0.25) is 0 Å². The molecule has 2 aromatic heterocycles. The van der Waals surface area contributed by atoms with E-state index in [1.807, 2.05) is 12.1 Å². The minimum Gasteiger partial charge on any atom is -0.368 e. The monoisotopic (exact) mass is 515 g/mol. The smallest absolute Gasteiger partial charge is 0.328 e. The summed E-state index contributed by atoms with van der Waals surface area (Å²) in [7, 11) is 0. The van der Waals surface area contributed by atoms with Crippen LogP contribution < -0.4 is 21.9 Å². The molecule has 1 aliphatic heterocycles. The standard InChI is InChI=1S/C28H33N7O3/c1-28(2,3)20-9-7-18(8-10-20)25-30-21-5-4-6-22(24(21)31-25)34-13-11-33(12-14-34)15-19-16-35(17-23(29)36)27(38)32-26(19)37/h4-10,16H,11-15,17H2,1-3H3,(H2,29,36)(H,30,31)(H,32,37,38). The molecule has 10 nitrogen and oxygen atoms in total. The number of hydrogen-bond donors (Lipinski definition) is 3. The van der Waals surface area contributed by atoms with E-state index in [1.54, 1.807) is 0 Å². The van der Waals surface area contributed by atoms with Gasteiger partial charge in [-0.15, -0.1) is 0 Å². The Balaban J connectivity index is 1.31. The number of carbonyl (C=O) groups excluding carboxylic acids is 1. The first-order chi connectivity index (χ1) is 18.1. The first-order valence-corrected chi connectivity index (χ1v) is 12.8. The number of rotatable bonds is 6. The highest BCUT2D eigenvalue weighted by molar-refractivity contribution is 5.91. The molecule has 1 fully saturated rings. The Hall–Kier alpha value is -4.18. The third kappa shape index (κ3) is 5.26. The van der Waals surface area contributed by atoms with Crippen LogP contribution in [0.15, 0.2) is 58.3 Å². The number of aromatic amines is 2. The summed E-state index contributed by atoms with van der Waals surface area (Å²) in [5, 5.41) is 0. The van der Waals surface area contributed by atoms with E-state index in [9.17, 15) is 14.4 Å². The summed E-state index contributed by atoms with van der Waals surface area (Å²) in [4.78, 5) is 50.7. The number of para-hydroxylation sites is 1. The molecule has 1 aliphatic rings. The minimum atomic E-state index is -0.642. The summed E-state index contributed by atoms with van der Waals surface area (Å²) in [5.74, 6) is 0.202. The Kier molecular flexibility index (Phi) is 6.66. The molecule has 10 heteroatoms. The predicted octanol–water partition coefficient (Wildman–Crippen LogP) is 2.18. The summed E-state index contributed by atoms with van der Waals surface area (Å²) in [5.41, 5.74) is 9.99. The molecule has 0 unspecified atom stereocenters. The quantitative estimate of drug-likeness (QED) is 0.361. The zero-order valence-electron chi connectivity index (χ0n) is 22.0. The third-order valence-corrected chi connectivity index (χ3v) is 7.03. The lowest BCUT2D eigenvalue weighted by Gasteiger charge is -2.36. The summed E-state index contributed by atoms with van der Waals surface area (Å²) in [6.45, 7) is 9.71. The predicted molar refractivity (Wildman–Crippen MR) is 148 cm³/mol. The molecule has 0 saturated carbocycles. The van der Waals surface area contributed by atoms with E-state index in [0.717, 1.165) is 58.9 Å². The molecule has 0 aliphatic carbocycles. The van der Waals surface area contributed by atoms with E-state index in [2.05, 4.69) is 70.9 Å². The number of nitrogens with one attached hydrogen (secondary N) is 2. The SMILES string of the molecule is CC(C)(C)c1ccc(-c2nc3c(N4CCN(Cc5cn(CC(N)=O)c(=O)[nH]c5=O)CC4)cccc3[nH]2)cc1. The van der Waals surface area contributed by atoms with Crippen molar-refractivity contribution in [2.24, 2.45) is 5.73 Å². The molecule has 198 valence electrons. The van der Waals surface area contributed by atoms with Gasteiger partial charge in [0.15, 0.2) is 0 Å². The van der Waals surface area contributed by atoms with Crippen LogP contribution in [0.5, 0.6) is 0 Å². The molecule has 38 heavy (non-hydrogen) atoms. The van der Waals surface area contributed by atoms with Crippen molar-refractivity contribution in [3.05, 3.63) is 80.6 Å². The van der Waals surface area contributed by atoms with Crippen LogP contribution >= 0.6 is 0 Å². The fourth-order valence-electron chi connectivity index (χ4n) is 4.88. The highest BCUT2D eigenvalue weighted by Gasteiger charge is 2.22. The van der Waals surface area contributed by atoms with Crippen LogP contribution in [0, 0.1) is 0 Å². The fraction of sp³-hybridized carbons (Fsp3) is 0.357. The second-order valence-electron chi connectivity index (χ2n) is 10.9. The molecule has 0 bridgehead atoms. The molecule has 1 amide bonds. The number of carbonyl (C=O) groups is 1. The fourth-order valence-corrected chi connectivity index (χ4v) is 4.88. The lowest BCUT2D eigenvalue weighted by molar-refractivity contribution is -0.118. The van der Waals surface area contributed by atoms with Crippen molar-refractivity contribution in [1.29, 1.82) is 0 Å². The molecule has 4 N–H and O–H groups in total. The molecule has 4 aromatic rings. The lowest BCUT2D eigenvalue weighted by atomic mass is 9.87. The van der Waals surface area contributed by atoms with Gasteiger partial charge in [0.05, 0.1) is 11.2 Å². The van der Waals surface area contributed by atoms with E-state index < -0.39 is 17.2 Å². The molecule has 1 saturated heterocycles. The average molecular weight is 516 g/mol. The van der Waals surface area contributed by atoms with E-state index in [-0.39, 0.29) is 12.0 Å². The minimum absolute atomic E-state index is 0.0966. The van der Waals surface area contributed by atoms with Crippen molar-refractivity contribution in [2.75, 3.05) is 31.1 Å². The van der Waals surface area contributed by atoms with Crippen LogP contribution in [0.1, 0.15) is 31.9 Å². The Morgan fingerprint density at radius 3 is 2.37 bits per heavy atom. The Labute approximate surface area is 220 Å². The van der Waals surface area contributed by atoms with Crippen molar-refractivity contribution < 1.29 is 4.79 Å². The Morgan fingerprint density at radius 2 is 1.71 bits per heavy atom. The Morgan fingerprint density at radius 1 is 1.00 bits per heavy atom. The number of nitrogens with two attached hydrogens (primary N) is 1. The number of nitrogens with zero attached hydrogens (tertiary/aromatic N) is 4. The second kappa shape index (κ2) is 9.94. The number of imidazole rings is 1. The van der Waals surface area contributed by atoms with Crippen LogP contribution in [0.25, 0.3) is 22.4 Å². The van der Waals surface area contributed by atoms with Gasteiger partial charge in [0.25, 0.3) is 5.56 Å². The zero-order valence-corrected chi connectivity index (χ0v) is 22.0. The molecule has 3 heterocycles. The molecule has 5 rings (SSSR count). The van der Waals surface area contributed by atoms with E-state index in [1.165, 1.54) is 11.8 Å². The highest BCUT2D eigenvalue weighted by atomic mass is 16.2. The van der Waals surface area contributed by atoms with Gasteiger partial charge >= 0.3 is 5.69 Å². The highest BCUT2D eigenvalue weighted by Crippen LogP contribution is 2.30. The number of hydrogen-bond acceptors (Lipinski definition) is 6. The molecule has 2 aromatic carbocycles. The second-order valence-corrected chi connectivity index (χ2v) is 10.9. The maximum Gasteiger partial charge on any atom is 0.328 e. The van der Waals surface area contributed by atoms with Crippen molar-refractivity contribution in [3.8, 4) is 11.4 Å². The average Bonchev–Trinajstić information content (AvgIpc) is 3.31. The van der Waals surface area contributed by atoms with Crippen molar-refractivity contribution in [1.82, 2.24) is 24.4 Å². The lowest BCUT2D eigenvalue weighted by Crippen LogP contribution is -2.47. The topological polar surface area (TPSA) is 133 Å². The van der Waals surface area contributed by atoms with Gasteiger partial charge in [-0.2, -0.15) is 0 Å². The first-order valence-electron chi connectivity index (χ1n) is 12.8. The van der Waals surface area contributed by atoms with E-state index >= 15 is 0 Å². The van der Waals surface area contributed by atoms with Crippen LogP contribution in [0.3, 0.4) is 0 Å². The molecular weight excluding hydrogens is 482 g/mol. The van der Waals surface area contributed by atoms with E-state index in [4.69, 9.17) is 10.7 Å². The number of benzene rings is 2. The number of anilines is 1. The Bertz CT molecular complexity index is 1580. The van der Waals surface area contributed by atoms with Gasteiger partial charge in [-0.1, -0.05) is 51.1 Å². The molecule has 0 spiro atoms. The summed E-state index contributed by atoms with van der Waals surface area (Å²) in [6.07, 6.45) is 1.43. The number of fused-ring (bicyclic) bond motifs is 1. The largest absolute Gasteiger partial charge is 0.368 e. The number of piperazine rings is 1. The number of primary amides is 1. The molecular formula is C28H33N7O3. The zero-order chi connectivity index (χ0) is 27.0. The van der Waals surface area contributed by atoms with Gasteiger partial charge in [-0.3, -0.25) is 24.0 Å². The molecule has 0 atom stereocenters. The number of aromatic nitrogens is 4. The van der Waals surface area contributed by atoms with Gasteiger partial charge in [0.1, 0.15) is 17.9 Å². The maximum atomic E-state index is 12.3. The van der Waals surface area contributed by atoms with Crippen LogP contribution in [-0.2, 0) is 23.3 Å². The third-order valence-electron chi connectivity index (χ3n) is 7.03. The maximum absolute atomic E-state index is 12.3. The van der Waals surface area contributed by atoms with E-state index in [0.29, 0.717) is 12.1 Å². The van der Waals surface area contributed by atoms with Gasteiger partial charge < -0.3 is 15.6 Å².